The highest BCUT2D eigenvalue weighted by molar-refractivity contribution is 7.13. The molecule has 16 heavy (non-hydrogen) atoms. The van der Waals surface area contributed by atoms with E-state index in [1.165, 1.54) is 16.9 Å². The molecule has 2 aromatic rings. The number of aromatic nitrogens is 1. The van der Waals surface area contributed by atoms with Gasteiger partial charge in [-0.2, -0.15) is 0 Å². The van der Waals surface area contributed by atoms with Gasteiger partial charge in [-0.05, 0) is 25.0 Å². The number of thiazole rings is 1. The van der Waals surface area contributed by atoms with Gasteiger partial charge in [0.15, 0.2) is 5.69 Å². The fourth-order valence-corrected chi connectivity index (χ4v) is 2.53. The van der Waals surface area contributed by atoms with Gasteiger partial charge in [0.2, 0.25) is 0 Å². The number of carboxylic acids is 1. The predicted octanol–water partition coefficient (Wildman–Crippen LogP) is 3.13. The first-order chi connectivity index (χ1) is 7.59. The minimum atomic E-state index is -0.976. The molecule has 82 valence electrons. The second kappa shape index (κ2) is 4.06. The summed E-state index contributed by atoms with van der Waals surface area (Å²) < 4.78 is 0. The van der Waals surface area contributed by atoms with Crippen LogP contribution in [0, 0.1) is 13.8 Å². The van der Waals surface area contributed by atoms with Crippen LogP contribution in [-0.4, -0.2) is 16.1 Å². The van der Waals surface area contributed by atoms with E-state index < -0.39 is 5.97 Å². The van der Waals surface area contributed by atoms with E-state index in [1.807, 2.05) is 32.0 Å². The maximum atomic E-state index is 11.0. The van der Waals surface area contributed by atoms with Crippen molar-refractivity contribution in [2.75, 3.05) is 0 Å². The van der Waals surface area contributed by atoms with Crippen LogP contribution in [0.4, 0.5) is 0 Å². The molecular weight excluding hydrogens is 222 g/mol. The number of nitrogens with zero attached hydrogens (tertiary/aromatic N) is 1. The molecule has 0 amide bonds. The Kier molecular flexibility index (Phi) is 2.75. The molecule has 0 spiro atoms. The van der Waals surface area contributed by atoms with E-state index in [9.17, 15) is 4.79 Å². The fourth-order valence-electron chi connectivity index (χ4n) is 1.66. The SMILES string of the molecule is Cc1ccc(-c2scnc2C(=O)O)c(C)c1. The van der Waals surface area contributed by atoms with Gasteiger partial charge in [0.05, 0.1) is 10.4 Å². The summed E-state index contributed by atoms with van der Waals surface area (Å²) in [5, 5.41) is 9.01. The van der Waals surface area contributed by atoms with Crippen LogP contribution in [0.3, 0.4) is 0 Å². The highest BCUT2D eigenvalue weighted by Crippen LogP contribution is 2.30. The average Bonchev–Trinajstić information content (AvgIpc) is 2.66. The lowest BCUT2D eigenvalue weighted by atomic mass is 10.0. The van der Waals surface area contributed by atoms with Crippen molar-refractivity contribution in [2.24, 2.45) is 0 Å². The quantitative estimate of drug-likeness (QED) is 0.867. The normalized spacial score (nSPS) is 10.4. The van der Waals surface area contributed by atoms with E-state index in [0.717, 1.165) is 16.0 Å². The summed E-state index contributed by atoms with van der Waals surface area (Å²) in [5.41, 5.74) is 4.90. The lowest BCUT2D eigenvalue weighted by Crippen LogP contribution is -1.99. The minimum Gasteiger partial charge on any atom is -0.476 e. The summed E-state index contributed by atoms with van der Waals surface area (Å²) in [6.07, 6.45) is 0. The van der Waals surface area contributed by atoms with E-state index in [1.54, 1.807) is 5.51 Å². The summed E-state index contributed by atoms with van der Waals surface area (Å²) in [6, 6.07) is 5.97. The second-order valence-corrected chi connectivity index (χ2v) is 4.51. The molecule has 0 saturated carbocycles. The number of benzene rings is 1. The zero-order chi connectivity index (χ0) is 11.7. The van der Waals surface area contributed by atoms with Gasteiger partial charge in [0, 0.05) is 0 Å². The Morgan fingerprint density at radius 1 is 1.38 bits per heavy atom. The average molecular weight is 233 g/mol. The lowest BCUT2D eigenvalue weighted by molar-refractivity contribution is 0.0692. The molecule has 1 aromatic heterocycles. The Balaban J connectivity index is 2.59. The minimum absolute atomic E-state index is 0.136. The summed E-state index contributed by atoms with van der Waals surface area (Å²) in [6.45, 7) is 4.00. The molecule has 0 aliphatic heterocycles. The Morgan fingerprint density at radius 2 is 2.12 bits per heavy atom. The van der Waals surface area contributed by atoms with Crippen molar-refractivity contribution in [1.82, 2.24) is 4.98 Å². The molecule has 3 nitrogen and oxygen atoms in total. The van der Waals surface area contributed by atoms with Gasteiger partial charge < -0.3 is 5.11 Å². The molecule has 0 unspecified atom stereocenters. The lowest BCUT2D eigenvalue weighted by Gasteiger charge is -2.05. The first kappa shape index (κ1) is 10.8. The molecule has 2 rings (SSSR count). The molecule has 1 N–H and O–H groups in total. The Bertz CT molecular complexity index is 546. The smallest absolute Gasteiger partial charge is 0.356 e. The number of hydrogen-bond donors (Lipinski definition) is 1. The third kappa shape index (κ3) is 1.84. The number of aryl methyl sites for hydroxylation is 2. The molecule has 0 aliphatic carbocycles. The molecule has 4 heteroatoms. The molecular formula is C12H11NO2S. The summed E-state index contributed by atoms with van der Waals surface area (Å²) in [4.78, 5) is 15.6. The van der Waals surface area contributed by atoms with Crippen molar-refractivity contribution in [3.8, 4) is 10.4 Å². The Hall–Kier alpha value is -1.68. The van der Waals surface area contributed by atoms with Crippen molar-refractivity contribution >= 4 is 17.3 Å². The van der Waals surface area contributed by atoms with Crippen molar-refractivity contribution in [3.63, 3.8) is 0 Å². The van der Waals surface area contributed by atoms with Gasteiger partial charge in [-0.3, -0.25) is 0 Å². The van der Waals surface area contributed by atoms with Gasteiger partial charge in [0.1, 0.15) is 0 Å². The van der Waals surface area contributed by atoms with E-state index in [2.05, 4.69) is 4.98 Å². The third-order valence-electron chi connectivity index (χ3n) is 2.40. The molecule has 0 fully saturated rings. The molecule has 1 aromatic carbocycles. The van der Waals surface area contributed by atoms with Crippen LogP contribution in [0.1, 0.15) is 21.6 Å². The molecule has 0 aliphatic rings. The van der Waals surface area contributed by atoms with Crippen LogP contribution in [0.5, 0.6) is 0 Å². The van der Waals surface area contributed by atoms with E-state index >= 15 is 0 Å². The molecule has 0 atom stereocenters. The zero-order valence-electron chi connectivity index (χ0n) is 9.02. The van der Waals surface area contributed by atoms with Crippen LogP contribution in [-0.2, 0) is 0 Å². The second-order valence-electron chi connectivity index (χ2n) is 3.65. The number of carboxylic acid groups (broad SMARTS) is 1. The van der Waals surface area contributed by atoms with Crippen molar-refractivity contribution < 1.29 is 9.90 Å². The highest BCUT2D eigenvalue weighted by Gasteiger charge is 2.16. The van der Waals surface area contributed by atoms with E-state index in [-0.39, 0.29) is 5.69 Å². The van der Waals surface area contributed by atoms with E-state index in [0.29, 0.717) is 0 Å². The maximum Gasteiger partial charge on any atom is 0.356 e. The van der Waals surface area contributed by atoms with E-state index in [4.69, 9.17) is 5.11 Å². The number of carbonyl (C=O) groups is 1. The number of aromatic carboxylic acids is 1. The third-order valence-corrected chi connectivity index (χ3v) is 3.26. The summed E-state index contributed by atoms with van der Waals surface area (Å²) in [7, 11) is 0. The van der Waals surface area contributed by atoms with Crippen molar-refractivity contribution in [3.05, 3.63) is 40.5 Å². The Labute approximate surface area is 97.4 Å². The standard InChI is InChI=1S/C12H11NO2S/c1-7-3-4-9(8(2)5-7)11-10(12(14)15)13-6-16-11/h3-6H,1-2H3,(H,14,15). The van der Waals surface area contributed by atoms with Crippen LogP contribution in [0.15, 0.2) is 23.7 Å². The van der Waals surface area contributed by atoms with Gasteiger partial charge in [0.25, 0.3) is 0 Å². The van der Waals surface area contributed by atoms with Gasteiger partial charge in [-0.1, -0.05) is 23.8 Å². The Morgan fingerprint density at radius 3 is 2.75 bits per heavy atom. The highest BCUT2D eigenvalue weighted by atomic mass is 32.1. The number of hydrogen-bond acceptors (Lipinski definition) is 3. The van der Waals surface area contributed by atoms with Gasteiger partial charge in [-0.25, -0.2) is 9.78 Å². The molecule has 0 radical (unpaired) electrons. The first-order valence-electron chi connectivity index (χ1n) is 4.84. The summed E-state index contributed by atoms with van der Waals surface area (Å²) >= 11 is 1.36. The van der Waals surface area contributed by atoms with Gasteiger partial charge in [-0.15, -0.1) is 11.3 Å². The molecule has 0 saturated heterocycles. The molecule has 1 heterocycles. The van der Waals surface area contributed by atoms with Crippen molar-refractivity contribution in [2.45, 2.75) is 13.8 Å². The maximum absolute atomic E-state index is 11.0. The van der Waals surface area contributed by atoms with Crippen LogP contribution in [0.2, 0.25) is 0 Å². The predicted molar refractivity (Wildman–Crippen MR) is 64.0 cm³/mol. The van der Waals surface area contributed by atoms with Gasteiger partial charge >= 0.3 is 5.97 Å². The molecule has 0 bridgehead atoms. The monoisotopic (exact) mass is 233 g/mol. The van der Waals surface area contributed by atoms with Crippen LogP contribution >= 0.6 is 11.3 Å². The topological polar surface area (TPSA) is 50.2 Å². The number of rotatable bonds is 2. The van der Waals surface area contributed by atoms with Crippen LogP contribution < -0.4 is 0 Å². The first-order valence-corrected chi connectivity index (χ1v) is 5.72. The largest absolute Gasteiger partial charge is 0.476 e. The van der Waals surface area contributed by atoms with Crippen LogP contribution in [0.25, 0.3) is 10.4 Å². The summed E-state index contributed by atoms with van der Waals surface area (Å²) in [5.74, 6) is -0.976. The fraction of sp³-hybridized carbons (Fsp3) is 0.167. The van der Waals surface area contributed by atoms with Crippen molar-refractivity contribution in [1.29, 1.82) is 0 Å². The zero-order valence-corrected chi connectivity index (χ0v) is 9.84.